The Morgan fingerprint density at radius 1 is 1.23 bits per heavy atom. The van der Waals surface area contributed by atoms with Crippen molar-refractivity contribution in [1.82, 2.24) is 9.97 Å². The number of aromatic nitrogens is 2. The highest BCUT2D eigenvalue weighted by atomic mass is 32.1. The van der Waals surface area contributed by atoms with Crippen LogP contribution in [0.2, 0.25) is 0 Å². The third-order valence-electron chi connectivity index (χ3n) is 3.25. The van der Waals surface area contributed by atoms with E-state index in [0.717, 1.165) is 28.8 Å². The number of hydrogen-bond donors (Lipinski definition) is 2. The topological polar surface area (TPSA) is 80.9 Å². The van der Waals surface area contributed by atoms with Crippen LogP contribution in [-0.4, -0.2) is 15.9 Å². The van der Waals surface area contributed by atoms with Crippen LogP contribution in [0.25, 0.3) is 10.2 Å². The van der Waals surface area contributed by atoms with E-state index in [1.54, 1.807) is 6.07 Å². The first-order valence-electron chi connectivity index (χ1n) is 6.98. The number of anilines is 2. The SMILES string of the molecule is CC(=O)Nc1cccc(CCc2ccc3nc(N)sc3c2)n1. The lowest BCUT2D eigenvalue weighted by Gasteiger charge is -2.05. The lowest BCUT2D eigenvalue weighted by Crippen LogP contribution is -2.08. The summed E-state index contributed by atoms with van der Waals surface area (Å²) in [5, 5.41) is 3.29. The Balaban J connectivity index is 1.71. The maximum Gasteiger partial charge on any atom is 0.222 e. The number of fused-ring (bicyclic) bond motifs is 1. The second-order valence-electron chi connectivity index (χ2n) is 5.05. The predicted molar refractivity (Wildman–Crippen MR) is 90.0 cm³/mol. The Labute approximate surface area is 132 Å². The highest BCUT2D eigenvalue weighted by molar-refractivity contribution is 7.22. The standard InChI is InChI=1S/C16H16N4OS/c1-10(21)18-15-4-2-3-12(19-15)7-5-11-6-8-13-14(9-11)22-16(17)20-13/h2-4,6,8-9H,5,7H2,1H3,(H2,17,20)(H,18,19,21). The lowest BCUT2D eigenvalue weighted by molar-refractivity contribution is -0.114. The summed E-state index contributed by atoms with van der Waals surface area (Å²) in [6, 6.07) is 11.9. The zero-order valence-corrected chi connectivity index (χ0v) is 13.0. The van der Waals surface area contributed by atoms with Gasteiger partial charge < -0.3 is 11.1 Å². The third kappa shape index (κ3) is 3.40. The summed E-state index contributed by atoms with van der Waals surface area (Å²) < 4.78 is 1.11. The van der Waals surface area contributed by atoms with E-state index >= 15 is 0 Å². The molecular weight excluding hydrogens is 296 g/mol. The number of carbonyl (C=O) groups is 1. The number of nitrogen functional groups attached to an aromatic ring is 1. The Morgan fingerprint density at radius 2 is 2.09 bits per heavy atom. The van der Waals surface area contributed by atoms with Crippen LogP contribution >= 0.6 is 11.3 Å². The van der Waals surface area contributed by atoms with E-state index in [-0.39, 0.29) is 5.91 Å². The average molecular weight is 312 g/mol. The van der Waals surface area contributed by atoms with Gasteiger partial charge in [0.05, 0.1) is 10.2 Å². The number of rotatable bonds is 4. The summed E-state index contributed by atoms with van der Waals surface area (Å²) in [6.45, 7) is 1.48. The van der Waals surface area contributed by atoms with Gasteiger partial charge in [-0.2, -0.15) is 0 Å². The van der Waals surface area contributed by atoms with Crippen LogP contribution in [0.3, 0.4) is 0 Å². The molecule has 3 N–H and O–H groups in total. The highest BCUT2D eigenvalue weighted by Crippen LogP contribution is 2.25. The van der Waals surface area contributed by atoms with E-state index in [1.165, 1.54) is 23.8 Å². The Hall–Kier alpha value is -2.47. The molecule has 0 aliphatic carbocycles. The number of carbonyl (C=O) groups excluding carboxylic acids is 1. The minimum absolute atomic E-state index is 0.113. The molecule has 3 aromatic rings. The zero-order valence-electron chi connectivity index (χ0n) is 12.2. The summed E-state index contributed by atoms with van der Waals surface area (Å²) in [7, 11) is 0. The normalized spacial score (nSPS) is 10.8. The van der Waals surface area contributed by atoms with E-state index in [2.05, 4.69) is 27.4 Å². The number of nitrogens with zero attached hydrogens (tertiary/aromatic N) is 2. The first kappa shape index (κ1) is 14.5. The molecule has 0 saturated carbocycles. The minimum atomic E-state index is -0.113. The number of thiazole rings is 1. The van der Waals surface area contributed by atoms with Crippen LogP contribution in [0, 0.1) is 0 Å². The van der Waals surface area contributed by atoms with E-state index in [9.17, 15) is 4.79 Å². The van der Waals surface area contributed by atoms with E-state index in [0.29, 0.717) is 10.9 Å². The molecule has 1 amide bonds. The average Bonchev–Trinajstić information content (AvgIpc) is 2.84. The maximum atomic E-state index is 11.1. The van der Waals surface area contributed by atoms with Crippen molar-refractivity contribution < 1.29 is 4.79 Å². The van der Waals surface area contributed by atoms with Gasteiger partial charge in [0.1, 0.15) is 5.82 Å². The maximum absolute atomic E-state index is 11.1. The Bertz CT molecular complexity index is 828. The van der Waals surface area contributed by atoms with Gasteiger partial charge in [-0.05, 0) is 42.7 Å². The molecule has 2 aromatic heterocycles. The van der Waals surface area contributed by atoms with E-state index < -0.39 is 0 Å². The summed E-state index contributed by atoms with van der Waals surface area (Å²) in [5.74, 6) is 0.480. The molecule has 0 bridgehead atoms. The second kappa shape index (κ2) is 6.11. The van der Waals surface area contributed by atoms with E-state index in [1.807, 2.05) is 18.2 Å². The fraction of sp³-hybridized carbons (Fsp3) is 0.188. The molecule has 6 heteroatoms. The molecule has 0 unspecified atom stereocenters. The summed E-state index contributed by atoms with van der Waals surface area (Å²) >= 11 is 1.50. The van der Waals surface area contributed by atoms with Crippen LogP contribution < -0.4 is 11.1 Å². The molecule has 0 atom stereocenters. The van der Waals surface area contributed by atoms with Crippen molar-refractivity contribution in [3.63, 3.8) is 0 Å². The van der Waals surface area contributed by atoms with Crippen molar-refractivity contribution in [1.29, 1.82) is 0 Å². The first-order valence-corrected chi connectivity index (χ1v) is 7.80. The van der Waals surface area contributed by atoms with Gasteiger partial charge in [0.15, 0.2) is 5.13 Å². The van der Waals surface area contributed by atoms with Crippen LogP contribution in [0.4, 0.5) is 10.9 Å². The minimum Gasteiger partial charge on any atom is -0.375 e. The van der Waals surface area contributed by atoms with Crippen LogP contribution in [-0.2, 0) is 17.6 Å². The van der Waals surface area contributed by atoms with Gasteiger partial charge in [0.2, 0.25) is 5.91 Å². The molecule has 0 fully saturated rings. The van der Waals surface area contributed by atoms with Gasteiger partial charge in [-0.1, -0.05) is 23.5 Å². The molecule has 5 nitrogen and oxygen atoms in total. The van der Waals surface area contributed by atoms with Gasteiger partial charge in [-0.3, -0.25) is 4.79 Å². The van der Waals surface area contributed by atoms with Gasteiger partial charge in [-0.25, -0.2) is 9.97 Å². The number of nitrogens with two attached hydrogens (primary N) is 1. The molecular formula is C16H16N4OS. The third-order valence-corrected chi connectivity index (χ3v) is 4.10. The molecule has 0 saturated heterocycles. The summed E-state index contributed by atoms with van der Waals surface area (Å²) in [4.78, 5) is 19.8. The van der Waals surface area contributed by atoms with Crippen molar-refractivity contribution in [3.05, 3.63) is 47.7 Å². The van der Waals surface area contributed by atoms with Crippen molar-refractivity contribution in [2.24, 2.45) is 0 Å². The molecule has 112 valence electrons. The number of pyridine rings is 1. The van der Waals surface area contributed by atoms with Gasteiger partial charge >= 0.3 is 0 Å². The Morgan fingerprint density at radius 3 is 2.91 bits per heavy atom. The summed E-state index contributed by atoms with van der Waals surface area (Å²) in [5.41, 5.74) is 8.85. The van der Waals surface area contributed by atoms with Crippen molar-refractivity contribution in [2.45, 2.75) is 19.8 Å². The predicted octanol–water partition coefficient (Wildman–Crippen LogP) is 3.02. The van der Waals surface area contributed by atoms with Gasteiger partial charge in [0, 0.05) is 12.6 Å². The number of benzene rings is 1. The Kier molecular flexibility index (Phi) is 4.02. The largest absolute Gasteiger partial charge is 0.375 e. The smallest absolute Gasteiger partial charge is 0.222 e. The number of amides is 1. The molecule has 0 aliphatic heterocycles. The van der Waals surface area contributed by atoms with Crippen molar-refractivity contribution in [3.8, 4) is 0 Å². The molecule has 0 aliphatic rings. The van der Waals surface area contributed by atoms with Gasteiger partial charge in [-0.15, -0.1) is 0 Å². The molecule has 2 heterocycles. The molecule has 1 aromatic carbocycles. The van der Waals surface area contributed by atoms with Crippen LogP contribution in [0.15, 0.2) is 36.4 Å². The lowest BCUT2D eigenvalue weighted by atomic mass is 10.1. The number of hydrogen-bond acceptors (Lipinski definition) is 5. The van der Waals surface area contributed by atoms with Crippen LogP contribution in [0.1, 0.15) is 18.2 Å². The first-order chi connectivity index (χ1) is 10.6. The van der Waals surface area contributed by atoms with Crippen molar-refractivity contribution in [2.75, 3.05) is 11.1 Å². The fourth-order valence-corrected chi connectivity index (χ4v) is 3.08. The molecule has 0 spiro atoms. The summed E-state index contributed by atoms with van der Waals surface area (Å²) in [6.07, 6.45) is 1.69. The quantitative estimate of drug-likeness (QED) is 0.776. The van der Waals surface area contributed by atoms with Gasteiger partial charge in [0.25, 0.3) is 0 Å². The van der Waals surface area contributed by atoms with E-state index in [4.69, 9.17) is 5.73 Å². The fourth-order valence-electron chi connectivity index (χ4n) is 2.28. The monoisotopic (exact) mass is 312 g/mol. The molecule has 3 rings (SSSR count). The molecule has 0 radical (unpaired) electrons. The second-order valence-corrected chi connectivity index (χ2v) is 6.11. The van der Waals surface area contributed by atoms with Crippen LogP contribution in [0.5, 0.6) is 0 Å². The highest BCUT2D eigenvalue weighted by Gasteiger charge is 2.04. The zero-order chi connectivity index (χ0) is 15.5. The number of aryl methyl sites for hydroxylation is 2. The van der Waals surface area contributed by atoms with Crippen molar-refractivity contribution >= 4 is 38.4 Å². The number of nitrogens with one attached hydrogen (secondary N) is 1. The molecule has 22 heavy (non-hydrogen) atoms.